The molecule has 1 unspecified atom stereocenters. The number of hydrogen-bond acceptors (Lipinski definition) is 2. The molecule has 1 aliphatic heterocycles. The predicted octanol–water partition coefficient (Wildman–Crippen LogP) is 3.60. The second kappa shape index (κ2) is 6.91. The van der Waals surface area contributed by atoms with Gasteiger partial charge in [0.1, 0.15) is 0 Å². The fourth-order valence-electron chi connectivity index (χ4n) is 2.58. The average Bonchev–Trinajstić information content (AvgIpc) is 2.87. The minimum absolute atomic E-state index is 0.439. The van der Waals surface area contributed by atoms with E-state index in [0.29, 0.717) is 12.1 Å². The van der Waals surface area contributed by atoms with E-state index in [1.54, 1.807) is 0 Å². The fraction of sp³-hybridized carbons (Fsp3) is 0.625. The van der Waals surface area contributed by atoms with Crippen LogP contribution in [0.5, 0.6) is 0 Å². The molecule has 1 aliphatic rings. The molecule has 1 aromatic rings. The van der Waals surface area contributed by atoms with Crippen LogP contribution in [0.2, 0.25) is 0 Å². The monoisotopic (exact) mass is 247 g/mol. The van der Waals surface area contributed by atoms with Crippen LogP contribution in [0.4, 0.5) is 0 Å². The molecule has 0 aromatic heterocycles. The summed E-state index contributed by atoms with van der Waals surface area (Å²) in [6.07, 6.45) is 5.45. The zero-order valence-electron chi connectivity index (χ0n) is 11.6. The third-order valence-corrected chi connectivity index (χ3v) is 3.72. The van der Waals surface area contributed by atoms with Gasteiger partial charge in [0.25, 0.3) is 0 Å². The first-order valence-electron chi connectivity index (χ1n) is 7.17. The summed E-state index contributed by atoms with van der Waals surface area (Å²) in [7, 11) is 0. The Kier molecular flexibility index (Phi) is 5.21. The number of rotatable bonds is 6. The number of nitrogens with one attached hydrogen (secondary N) is 1. The highest BCUT2D eigenvalue weighted by atomic mass is 16.5. The lowest BCUT2D eigenvalue weighted by Gasteiger charge is -2.15. The second-order valence-corrected chi connectivity index (χ2v) is 5.37. The average molecular weight is 247 g/mol. The van der Waals surface area contributed by atoms with Crippen molar-refractivity contribution in [2.75, 3.05) is 13.2 Å². The van der Waals surface area contributed by atoms with E-state index in [2.05, 4.69) is 43.4 Å². The summed E-state index contributed by atoms with van der Waals surface area (Å²) in [6.45, 7) is 6.43. The largest absolute Gasteiger partial charge is 0.378 e. The van der Waals surface area contributed by atoms with Crippen molar-refractivity contribution in [3.05, 3.63) is 35.4 Å². The lowest BCUT2D eigenvalue weighted by Crippen LogP contribution is -2.21. The summed E-state index contributed by atoms with van der Waals surface area (Å²) >= 11 is 0. The lowest BCUT2D eigenvalue weighted by atomic mass is 10.1. The van der Waals surface area contributed by atoms with Gasteiger partial charge in [0.2, 0.25) is 0 Å². The third-order valence-electron chi connectivity index (χ3n) is 3.72. The fourth-order valence-corrected chi connectivity index (χ4v) is 2.58. The molecule has 0 bridgehead atoms. The molecule has 1 N–H and O–H groups in total. The Morgan fingerprint density at radius 3 is 3.06 bits per heavy atom. The number of hydrogen-bond donors (Lipinski definition) is 1. The van der Waals surface area contributed by atoms with Crippen molar-refractivity contribution in [2.45, 2.75) is 51.7 Å². The Balaban J connectivity index is 1.66. The van der Waals surface area contributed by atoms with E-state index in [-0.39, 0.29) is 0 Å². The molecule has 0 saturated carbocycles. The molecule has 2 rings (SSSR count). The van der Waals surface area contributed by atoms with Crippen LogP contribution >= 0.6 is 0 Å². The maximum absolute atomic E-state index is 5.63. The standard InChI is InChI=1S/C16H25NO/c1-13-6-3-7-15(12-13)14(2)17-10-4-8-16-9-5-11-18-16/h3,6-7,12,14,16-17H,4-5,8-11H2,1-2H3/t14-,16?/m1/s1. The Morgan fingerprint density at radius 1 is 1.44 bits per heavy atom. The molecule has 1 heterocycles. The SMILES string of the molecule is Cc1cccc([C@@H](C)NCCCC2CCCO2)c1. The first-order chi connectivity index (χ1) is 8.75. The summed E-state index contributed by atoms with van der Waals surface area (Å²) in [5.74, 6) is 0. The molecule has 2 atom stereocenters. The van der Waals surface area contributed by atoms with Crippen molar-refractivity contribution in [1.29, 1.82) is 0 Å². The summed E-state index contributed by atoms with van der Waals surface area (Å²) in [5, 5.41) is 3.59. The quantitative estimate of drug-likeness (QED) is 0.775. The molecule has 1 fully saturated rings. The van der Waals surface area contributed by atoms with Gasteiger partial charge in [0.05, 0.1) is 6.10 Å². The van der Waals surface area contributed by atoms with E-state index < -0.39 is 0 Å². The van der Waals surface area contributed by atoms with Crippen LogP contribution in [0.1, 0.15) is 49.8 Å². The van der Waals surface area contributed by atoms with Crippen molar-refractivity contribution < 1.29 is 4.74 Å². The van der Waals surface area contributed by atoms with Crippen LogP contribution in [0.15, 0.2) is 24.3 Å². The second-order valence-electron chi connectivity index (χ2n) is 5.37. The zero-order chi connectivity index (χ0) is 12.8. The van der Waals surface area contributed by atoms with E-state index >= 15 is 0 Å². The molecule has 1 aromatic carbocycles. The summed E-state index contributed by atoms with van der Waals surface area (Å²) in [5.41, 5.74) is 2.72. The summed E-state index contributed by atoms with van der Waals surface area (Å²) in [6, 6.07) is 9.18. The Labute approximate surface area is 111 Å². The predicted molar refractivity (Wildman–Crippen MR) is 75.8 cm³/mol. The van der Waals surface area contributed by atoms with Gasteiger partial charge in [0, 0.05) is 12.6 Å². The van der Waals surface area contributed by atoms with Crippen LogP contribution in [-0.4, -0.2) is 19.3 Å². The van der Waals surface area contributed by atoms with Crippen molar-refractivity contribution in [3.63, 3.8) is 0 Å². The van der Waals surface area contributed by atoms with Gasteiger partial charge >= 0.3 is 0 Å². The van der Waals surface area contributed by atoms with Gasteiger partial charge in [-0.1, -0.05) is 29.8 Å². The molecule has 1 saturated heterocycles. The highest BCUT2D eigenvalue weighted by molar-refractivity contribution is 5.24. The van der Waals surface area contributed by atoms with Crippen LogP contribution in [0.25, 0.3) is 0 Å². The molecular formula is C16H25NO. The molecule has 0 aliphatic carbocycles. The Hall–Kier alpha value is -0.860. The summed E-state index contributed by atoms with van der Waals surface area (Å²) < 4.78 is 5.63. The van der Waals surface area contributed by atoms with Gasteiger partial charge in [0.15, 0.2) is 0 Å². The van der Waals surface area contributed by atoms with Crippen molar-refractivity contribution in [3.8, 4) is 0 Å². The van der Waals surface area contributed by atoms with Crippen molar-refractivity contribution in [1.82, 2.24) is 5.32 Å². The van der Waals surface area contributed by atoms with E-state index in [4.69, 9.17) is 4.74 Å². The topological polar surface area (TPSA) is 21.3 Å². The normalized spacial score (nSPS) is 21.1. The van der Waals surface area contributed by atoms with Crippen LogP contribution in [0, 0.1) is 6.92 Å². The van der Waals surface area contributed by atoms with Gasteiger partial charge in [-0.2, -0.15) is 0 Å². The molecule has 0 amide bonds. The maximum atomic E-state index is 5.63. The molecule has 0 radical (unpaired) electrons. The summed E-state index contributed by atoms with van der Waals surface area (Å²) in [4.78, 5) is 0. The molecule has 100 valence electrons. The number of aryl methyl sites for hydroxylation is 1. The minimum Gasteiger partial charge on any atom is -0.378 e. The highest BCUT2D eigenvalue weighted by Gasteiger charge is 2.14. The molecule has 18 heavy (non-hydrogen) atoms. The van der Waals surface area contributed by atoms with Crippen molar-refractivity contribution in [2.24, 2.45) is 0 Å². The lowest BCUT2D eigenvalue weighted by molar-refractivity contribution is 0.102. The van der Waals surface area contributed by atoms with Crippen LogP contribution < -0.4 is 5.32 Å². The Bertz CT molecular complexity index is 358. The van der Waals surface area contributed by atoms with Gasteiger partial charge in [-0.3, -0.25) is 0 Å². The zero-order valence-corrected chi connectivity index (χ0v) is 11.6. The minimum atomic E-state index is 0.439. The first-order valence-corrected chi connectivity index (χ1v) is 7.17. The van der Waals surface area contributed by atoms with Gasteiger partial charge in [-0.25, -0.2) is 0 Å². The van der Waals surface area contributed by atoms with E-state index in [1.165, 1.54) is 36.8 Å². The van der Waals surface area contributed by atoms with Gasteiger partial charge in [-0.05, 0) is 51.6 Å². The number of benzene rings is 1. The van der Waals surface area contributed by atoms with Crippen molar-refractivity contribution >= 4 is 0 Å². The number of ether oxygens (including phenoxy) is 1. The van der Waals surface area contributed by atoms with Crippen LogP contribution in [0.3, 0.4) is 0 Å². The van der Waals surface area contributed by atoms with Crippen LogP contribution in [-0.2, 0) is 4.74 Å². The molecule has 0 spiro atoms. The molecule has 2 heteroatoms. The smallest absolute Gasteiger partial charge is 0.0576 e. The maximum Gasteiger partial charge on any atom is 0.0576 e. The highest BCUT2D eigenvalue weighted by Crippen LogP contribution is 2.17. The molecular weight excluding hydrogens is 222 g/mol. The van der Waals surface area contributed by atoms with Gasteiger partial charge < -0.3 is 10.1 Å². The first kappa shape index (κ1) is 13.6. The van der Waals surface area contributed by atoms with E-state index in [9.17, 15) is 0 Å². The Morgan fingerprint density at radius 2 is 2.33 bits per heavy atom. The van der Waals surface area contributed by atoms with Gasteiger partial charge in [-0.15, -0.1) is 0 Å². The molecule has 2 nitrogen and oxygen atoms in total. The third kappa shape index (κ3) is 4.11. The van der Waals surface area contributed by atoms with E-state index in [1.807, 2.05) is 0 Å². The van der Waals surface area contributed by atoms with E-state index in [0.717, 1.165) is 13.2 Å².